The van der Waals surface area contributed by atoms with Crippen LogP contribution in [0.2, 0.25) is 0 Å². The largest absolute Gasteiger partial charge is 0.309 e. The number of nitrogens with one attached hydrogen (secondary N) is 1. The van der Waals surface area contributed by atoms with Crippen LogP contribution in [-0.2, 0) is 23.8 Å². The van der Waals surface area contributed by atoms with Crippen LogP contribution in [0.4, 0.5) is 4.39 Å². The number of para-hydroxylation sites is 1. The summed E-state index contributed by atoms with van der Waals surface area (Å²) in [5.74, 6) is 2.79. The van der Waals surface area contributed by atoms with Gasteiger partial charge in [0.2, 0.25) is 0 Å². The quantitative estimate of drug-likeness (QED) is 0.296. The Morgan fingerprint density at radius 1 is 1.06 bits per heavy atom. The number of hydrogen-bond acceptors (Lipinski definition) is 6. The molecular formula is C22H20FN5OS2. The fraction of sp³-hybridized carbons (Fsp3) is 0.182. The van der Waals surface area contributed by atoms with E-state index >= 15 is 0 Å². The first-order valence-electron chi connectivity index (χ1n) is 9.60. The summed E-state index contributed by atoms with van der Waals surface area (Å²) in [4.78, 5) is 19.6. The van der Waals surface area contributed by atoms with Crippen LogP contribution in [0.1, 0.15) is 17.2 Å². The van der Waals surface area contributed by atoms with E-state index in [4.69, 9.17) is 0 Å². The number of aromatic amines is 1. The van der Waals surface area contributed by atoms with Crippen LogP contribution in [-0.4, -0.2) is 24.7 Å². The van der Waals surface area contributed by atoms with Crippen molar-refractivity contribution in [2.45, 2.75) is 29.0 Å². The Labute approximate surface area is 187 Å². The molecule has 0 aliphatic heterocycles. The Balaban J connectivity index is 1.45. The van der Waals surface area contributed by atoms with Crippen molar-refractivity contribution >= 4 is 34.4 Å². The maximum Gasteiger partial charge on any atom is 0.258 e. The Morgan fingerprint density at radius 2 is 1.87 bits per heavy atom. The van der Waals surface area contributed by atoms with Crippen molar-refractivity contribution in [3.8, 4) is 0 Å². The molecule has 0 unspecified atom stereocenters. The molecule has 31 heavy (non-hydrogen) atoms. The Hall–Kier alpha value is -2.91. The summed E-state index contributed by atoms with van der Waals surface area (Å²) < 4.78 is 15.8. The number of halogens is 1. The van der Waals surface area contributed by atoms with E-state index in [1.807, 2.05) is 28.8 Å². The molecule has 4 aromatic rings. The zero-order chi connectivity index (χ0) is 21.6. The topological polar surface area (TPSA) is 76.5 Å². The van der Waals surface area contributed by atoms with Gasteiger partial charge in [-0.1, -0.05) is 48.2 Å². The fourth-order valence-corrected chi connectivity index (χ4v) is 4.84. The first-order chi connectivity index (χ1) is 15.2. The average molecular weight is 454 g/mol. The number of fused-ring (bicyclic) bond motifs is 1. The van der Waals surface area contributed by atoms with E-state index < -0.39 is 0 Å². The third kappa shape index (κ3) is 5.05. The molecule has 9 heteroatoms. The number of nitrogens with zero attached hydrogens (tertiary/aromatic N) is 4. The van der Waals surface area contributed by atoms with E-state index in [9.17, 15) is 9.18 Å². The SMILES string of the molecule is C=CCn1c(CSCc2ccccc2F)nnc1SCc1nc2ccccc2c(=O)[nH]1. The van der Waals surface area contributed by atoms with Gasteiger partial charge in [0, 0.05) is 12.3 Å². The minimum absolute atomic E-state index is 0.154. The van der Waals surface area contributed by atoms with Gasteiger partial charge in [-0.25, -0.2) is 9.37 Å². The summed E-state index contributed by atoms with van der Waals surface area (Å²) in [5.41, 5.74) is 1.18. The highest BCUT2D eigenvalue weighted by Crippen LogP contribution is 2.24. The van der Waals surface area contributed by atoms with Gasteiger partial charge in [0.15, 0.2) is 5.16 Å². The molecule has 4 rings (SSSR count). The van der Waals surface area contributed by atoms with Gasteiger partial charge in [-0.05, 0) is 23.8 Å². The van der Waals surface area contributed by atoms with Crippen LogP contribution in [0.3, 0.4) is 0 Å². The molecule has 0 radical (unpaired) electrons. The molecular weight excluding hydrogens is 433 g/mol. The second kappa shape index (κ2) is 9.93. The smallest absolute Gasteiger partial charge is 0.258 e. The third-order valence-electron chi connectivity index (χ3n) is 4.55. The summed E-state index contributed by atoms with van der Waals surface area (Å²) in [5, 5.41) is 9.89. The van der Waals surface area contributed by atoms with Crippen molar-refractivity contribution < 1.29 is 4.39 Å². The van der Waals surface area contributed by atoms with Crippen molar-refractivity contribution in [1.29, 1.82) is 0 Å². The molecule has 2 heterocycles. The Bertz CT molecular complexity index is 1270. The first-order valence-corrected chi connectivity index (χ1v) is 11.7. The minimum Gasteiger partial charge on any atom is -0.309 e. The maximum absolute atomic E-state index is 13.8. The van der Waals surface area contributed by atoms with Crippen molar-refractivity contribution in [3.63, 3.8) is 0 Å². The molecule has 158 valence electrons. The number of H-pyrrole nitrogens is 1. The summed E-state index contributed by atoms with van der Waals surface area (Å²) in [6.45, 7) is 4.38. The van der Waals surface area contributed by atoms with Crippen molar-refractivity contribution in [3.05, 3.63) is 94.6 Å². The second-order valence-corrected chi connectivity index (χ2v) is 8.63. The molecule has 0 saturated carbocycles. The minimum atomic E-state index is -0.198. The summed E-state index contributed by atoms with van der Waals surface area (Å²) in [6, 6.07) is 14.0. The van der Waals surface area contributed by atoms with Crippen LogP contribution in [0, 0.1) is 5.82 Å². The molecule has 1 N–H and O–H groups in total. The number of aromatic nitrogens is 5. The number of benzene rings is 2. The lowest BCUT2D eigenvalue weighted by Gasteiger charge is -2.08. The van der Waals surface area contributed by atoms with E-state index in [1.165, 1.54) is 17.8 Å². The van der Waals surface area contributed by atoms with Gasteiger partial charge in [0.25, 0.3) is 5.56 Å². The molecule has 0 spiro atoms. The molecule has 6 nitrogen and oxygen atoms in total. The third-order valence-corrected chi connectivity index (χ3v) is 6.51. The van der Waals surface area contributed by atoms with Gasteiger partial charge in [-0.15, -0.1) is 28.5 Å². The standard InChI is InChI=1S/C22H20FN5OS2/c1-2-11-28-20(14-30-12-15-7-3-5-9-17(15)23)26-27-22(28)31-13-19-24-18-10-6-4-8-16(18)21(29)25-19/h2-10H,1,11-14H2,(H,24,25,29). The van der Waals surface area contributed by atoms with E-state index in [1.54, 1.807) is 36.0 Å². The zero-order valence-corrected chi connectivity index (χ0v) is 18.3. The Morgan fingerprint density at radius 3 is 2.71 bits per heavy atom. The van der Waals surface area contributed by atoms with E-state index in [0.29, 0.717) is 46.1 Å². The predicted octanol–water partition coefficient (Wildman–Crippen LogP) is 4.57. The number of hydrogen-bond donors (Lipinski definition) is 1. The molecule has 0 amide bonds. The van der Waals surface area contributed by atoms with Crippen molar-refractivity contribution in [2.75, 3.05) is 0 Å². The van der Waals surface area contributed by atoms with Crippen LogP contribution in [0.15, 0.2) is 71.1 Å². The lowest BCUT2D eigenvalue weighted by atomic mass is 10.2. The molecule has 2 aromatic heterocycles. The van der Waals surface area contributed by atoms with E-state index in [-0.39, 0.29) is 11.4 Å². The van der Waals surface area contributed by atoms with Crippen molar-refractivity contribution in [2.24, 2.45) is 0 Å². The van der Waals surface area contributed by atoms with E-state index in [2.05, 4.69) is 26.7 Å². The summed E-state index contributed by atoms with van der Waals surface area (Å²) in [6.07, 6.45) is 1.79. The maximum atomic E-state index is 13.8. The molecule has 2 aromatic carbocycles. The fourth-order valence-electron chi connectivity index (χ4n) is 3.05. The molecule has 0 fully saturated rings. The summed E-state index contributed by atoms with van der Waals surface area (Å²) in [7, 11) is 0. The molecule has 0 bridgehead atoms. The van der Waals surface area contributed by atoms with Gasteiger partial charge in [0.05, 0.1) is 22.4 Å². The monoisotopic (exact) mass is 453 g/mol. The van der Waals surface area contributed by atoms with Crippen LogP contribution >= 0.6 is 23.5 Å². The normalized spacial score (nSPS) is 11.1. The molecule has 0 aliphatic carbocycles. The lowest BCUT2D eigenvalue weighted by molar-refractivity contribution is 0.617. The van der Waals surface area contributed by atoms with Crippen LogP contribution in [0.25, 0.3) is 10.9 Å². The Kier molecular flexibility index (Phi) is 6.83. The van der Waals surface area contributed by atoms with Gasteiger partial charge in [-0.3, -0.25) is 4.79 Å². The number of thioether (sulfide) groups is 2. The van der Waals surface area contributed by atoms with Gasteiger partial charge < -0.3 is 9.55 Å². The highest BCUT2D eigenvalue weighted by atomic mass is 32.2. The number of rotatable bonds is 9. The second-order valence-electron chi connectivity index (χ2n) is 6.70. The van der Waals surface area contributed by atoms with Crippen LogP contribution < -0.4 is 5.56 Å². The van der Waals surface area contributed by atoms with Crippen molar-refractivity contribution in [1.82, 2.24) is 24.7 Å². The molecule has 0 saturated heterocycles. The molecule has 0 atom stereocenters. The van der Waals surface area contributed by atoms with E-state index in [0.717, 1.165) is 11.0 Å². The van der Waals surface area contributed by atoms with Gasteiger partial charge in [-0.2, -0.15) is 0 Å². The van der Waals surface area contributed by atoms with Crippen LogP contribution in [0.5, 0.6) is 0 Å². The average Bonchev–Trinajstić information content (AvgIpc) is 3.15. The number of allylic oxidation sites excluding steroid dienone is 1. The first kappa shape index (κ1) is 21.3. The molecule has 0 aliphatic rings. The lowest BCUT2D eigenvalue weighted by Crippen LogP contribution is -2.11. The highest BCUT2D eigenvalue weighted by molar-refractivity contribution is 7.98. The summed E-state index contributed by atoms with van der Waals surface area (Å²) >= 11 is 3.03. The predicted molar refractivity (Wildman–Crippen MR) is 124 cm³/mol. The van der Waals surface area contributed by atoms with Gasteiger partial charge in [0.1, 0.15) is 17.5 Å². The highest BCUT2D eigenvalue weighted by Gasteiger charge is 2.13. The zero-order valence-electron chi connectivity index (χ0n) is 16.6. The van der Waals surface area contributed by atoms with Gasteiger partial charge >= 0.3 is 0 Å².